The van der Waals surface area contributed by atoms with Crippen LogP contribution in [0.1, 0.15) is 42.5 Å². The maximum Gasteiger partial charge on any atom is 0.335 e. The SMILES string of the molecule is O=C(O)c1ccc(OCCCOCCC2CCC2)cc1. The molecule has 1 aliphatic rings. The smallest absolute Gasteiger partial charge is 0.335 e. The summed E-state index contributed by atoms with van der Waals surface area (Å²) in [6.07, 6.45) is 6.18. The monoisotopic (exact) mass is 278 g/mol. The van der Waals surface area contributed by atoms with Crippen LogP contribution in [0, 0.1) is 5.92 Å². The van der Waals surface area contributed by atoms with Crippen LogP contribution in [0.2, 0.25) is 0 Å². The first-order chi connectivity index (χ1) is 9.75. The van der Waals surface area contributed by atoms with Gasteiger partial charge in [-0.25, -0.2) is 4.79 Å². The van der Waals surface area contributed by atoms with E-state index in [1.807, 2.05) is 0 Å². The van der Waals surface area contributed by atoms with E-state index < -0.39 is 5.97 Å². The number of carboxylic acid groups (broad SMARTS) is 1. The molecular weight excluding hydrogens is 256 g/mol. The van der Waals surface area contributed by atoms with Crippen molar-refractivity contribution < 1.29 is 19.4 Å². The van der Waals surface area contributed by atoms with E-state index in [0.717, 1.165) is 25.6 Å². The summed E-state index contributed by atoms with van der Waals surface area (Å²) in [4.78, 5) is 10.7. The highest BCUT2D eigenvalue weighted by atomic mass is 16.5. The average molecular weight is 278 g/mol. The molecule has 0 saturated heterocycles. The van der Waals surface area contributed by atoms with Gasteiger partial charge in [-0.05, 0) is 36.6 Å². The van der Waals surface area contributed by atoms with Crippen LogP contribution in [0.15, 0.2) is 24.3 Å². The fourth-order valence-electron chi connectivity index (χ4n) is 2.18. The van der Waals surface area contributed by atoms with Crippen LogP contribution in [-0.4, -0.2) is 30.9 Å². The fourth-order valence-corrected chi connectivity index (χ4v) is 2.18. The van der Waals surface area contributed by atoms with E-state index >= 15 is 0 Å². The third-order valence-electron chi connectivity index (χ3n) is 3.70. The maximum atomic E-state index is 10.7. The number of rotatable bonds is 9. The molecule has 1 N–H and O–H groups in total. The molecule has 1 aromatic rings. The van der Waals surface area contributed by atoms with Crippen LogP contribution in [0.4, 0.5) is 0 Å². The Kier molecular flexibility index (Phi) is 5.87. The third kappa shape index (κ3) is 4.85. The molecule has 0 unspecified atom stereocenters. The molecule has 2 rings (SSSR count). The number of carboxylic acids is 1. The lowest BCUT2D eigenvalue weighted by atomic mass is 9.83. The molecule has 0 aliphatic heterocycles. The highest BCUT2D eigenvalue weighted by molar-refractivity contribution is 5.87. The molecule has 1 aliphatic carbocycles. The summed E-state index contributed by atoms with van der Waals surface area (Å²) in [7, 11) is 0. The van der Waals surface area contributed by atoms with Gasteiger partial charge in [-0.1, -0.05) is 19.3 Å². The van der Waals surface area contributed by atoms with Gasteiger partial charge < -0.3 is 14.6 Å². The Morgan fingerprint density at radius 3 is 2.50 bits per heavy atom. The van der Waals surface area contributed by atoms with E-state index in [2.05, 4.69) is 0 Å². The van der Waals surface area contributed by atoms with E-state index in [9.17, 15) is 4.79 Å². The van der Waals surface area contributed by atoms with Gasteiger partial charge in [-0.2, -0.15) is 0 Å². The van der Waals surface area contributed by atoms with Crippen molar-refractivity contribution in [2.24, 2.45) is 5.92 Å². The van der Waals surface area contributed by atoms with Gasteiger partial charge in [0.05, 0.1) is 12.2 Å². The fraction of sp³-hybridized carbons (Fsp3) is 0.562. The molecule has 1 aromatic carbocycles. The maximum absolute atomic E-state index is 10.7. The summed E-state index contributed by atoms with van der Waals surface area (Å²) >= 11 is 0. The second-order valence-electron chi connectivity index (χ2n) is 5.23. The molecule has 0 aromatic heterocycles. The van der Waals surface area contributed by atoms with Crippen LogP contribution in [0.25, 0.3) is 0 Å². The minimum atomic E-state index is -0.920. The first kappa shape index (κ1) is 14.9. The van der Waals surface area contributed by atoms with Crippen LogP contribution >= 0.6 is 0 Å². The summed E-state index contributed by atoms with van der Waals surface area (Å²) in [5.74, 6) is 0.680. The van der Waals surface area contributed by atoms with Crippen LogP contribution in [-0.2, 0) is 4.74 Å². The van der Waals surface area contributed by atoms with Crippen molar-refractivity contribution in [1.82, 2.24) is 0 Å². The number of carbonyl (C=O) groups is 1. The summed E-state index contributed by atoms with van der Waals surface area (Å²) < 4.78 is 11.1. The molecule has 0 amide bonds. The first-order valence-electron chi connectivity index (χ1n) is 7.29. The molecule has 0 heterocycles. The van der Waals surface area contributed by atoms with Gasteiger partial charge in [0, 0.05) is 19.6 Å². The molecule has 110 valence electrons. The summed E-state index contributed by atoms with van der Waals surface area (Å²) in [6.45, 7) is 2.17. The molecular formula is C16H22O4. The third-order valence-corrected chi connectivity index (χ3v) is 3.70. The number of benzene rings is 1. The Morgan fingerprint density at radius 1 is 1.15 bits per heavy atom. The Balaban J connectivity index is 1.50. The Morgan fingerprint density at radius 2 is 1.90 bits per heavy atom. The zero-order valence-corrected chi connectivity index (χ0v) is 11.7. The predicted molar refractivity (Wildman–Crippen MR) is 76.3 cm³/mol. The highest BCUT2D eigenvalue weighted by Gasteiger charge is 2.16. The molecule has 0 bridgehead atoms. The Bertz CT molecular complexity index is 409. The first-order valence-corrected chi connectivity index (χ1v) is 7.29. The van der Waals surface area contributed by atoms with Crippen molar-refractivity contribution >= 4 is 5.97 Å². The van der Waals surface area contributed by atoms with Crippen molar-refractivity contribution in [3.63, 3.8) is 0 Å². The second-order valence-corrected chi connectivity index (χ2v) is 5.23. The zero-order chi connectivity index (χ0) is 14.2. The van der Waals surface area contributed by atoms with E-state index in [1.165, 1.54) is 25.7 Å². The van der Waals surface area contributed by atoms with E-state index in [4.69, 9.17) is 14.6 Å². The zero-order valence-electron chi connectivity index (χ0n) is 11.7. The molecule has 4 nitrogen and oxygen atoms in total. The van der Waals surface area contributed by atoms with Crippen molar-refractivity contribution in [3.05, 3.63) is 29.8 Å². The van der Waals surface area contributed by atoms with E-state index in [1.54, 1.807) is 24.3 Å². The van der Waals surface area contributed by atoms with Gasteiger partial charge in [0.25, 0.3) is 0 Å². The van der Waals surface area contributed by atoms with Gasteiger partial charge in [0.1, 0.15) is 5.75 Å². The molecule has 1 saturated carbocycles. The van der Waals surface area contributed by atoms with Crippen molar-refractivity contribution in [3.8, 4) is 5.75 Å². The van der Waals surface area contributed by atoms with Gasteiger partial charge in [0.15, 0.2) is 0 Å². The number of aromatic carboxylic acids is 1. The van der Waals surface area contributed by atoms with Crippen LogP contribution in [0.5, 0.6) is 5.75 Å². The quantitative estimate of drug-likeness (QED) is 0.704. The van der Waals surface area contributed by atoms with E-state index in [-0.39, 0.29) is 5.56 Å². The Labute approximate surface area is 119 Å². The average Bonchev–Trinajstić information content (AvgIpc) is 2.40. The van der Waals surface area contributed by atoms with Crippen LogP contribution < -0.4 is 4.74 Å². The minimum Gasteiger partial charge on any atom is -0.494 e. The molecule has 1 fully saturated rings. The summed E-state index contributed by atoms with van der Waals surface area (Å²) in [6, 6.07) is 6.46. The van der Waals surface area contributed by atoms with Crippen molar-refractivity contribution in [2.45, 2.75) is 32.1 Å². The largest absolute Gasteiger partial charge is 0.494 e. The highest BCUT2D eigenvalue weighted by Crippen LogP contribution is 2.29. The predicted octanol–water partition coefficient (Wildman–Crippen LogP) is 3.36. The molecule has 4 heteroatoms. The Hall–Kier alpha value is -1.55. The van der Waals surface area contributed by atoms with Gasteiger partial charge in [0.2, 0.25) is 0 Å². The van der Waals surface area contributed by atoms with Gasteiger partial charge in [-0.15, -0.1) is 0 Å². The lowest BCUT2D eigenvalue weighted by Gasteiger charge is -2.24. The molecule has 0 radical (unpaired) electrons. The van der Waals surface area contributed by atoms with Gasteiger partial charge in [-0.3, -0.25) is 0 Å². The molecule has 0 spiro atoms. The summed E-state index contributed by atoms with van der Waals surface area (Å²) in [5, 5.41) is 8.78. The van der Waals surface area contributed by atoms with Crippen molar-refractivity contribution in [1.29, 1.82) is 0 Å². The van der Waals surface area contributed by atoms with Crippen molar-refractivity contribution in [2.75, 3.05) is 19.8 Å². The number of hydrogen-bond donors (Lipinski definition) is 1. The standard InChI is InChI=1S/C16H22O4/c17-16(18)14-5-7-15(8-6-14)20-11-2-10-19-12-9-13-3-1-4-13/h5-8,13H,1-4,9-12H2,(H,17,18). The minimum absolute atomic E-state index is 0.275. The number of hydrogen-bond acceptors (Lipinski definition) is 3. The molecule has 0 atom stereocenters. The lowest BCUT2D eigenvalue weighted by molar-refractivity contribution is 0.0697. The van der Waals surface area contributed by atoms with Crippen LogP contribution in [0.3, 0.4) is 0 Å². The second kappa shape index (κ2) is 7.90. The number of ether oxygens (including phenoxy) is 2. The molecule has 20 heavy (non-hydrogen) atoms. The normalized spacial score (nSPS) is 14.8. The van der Waals surface area contributed by atoms with E-state index in [0.29, 0.717) is 12.4 Å². The van der Waals surface area contributed by atoms with Gasteiger partial charge >= 0.3 is 5.97 Å². The topological polar surface area (TPSA) is 55.8 Å². The lowest BCUT2D eigenvalue weighted by Crippen LogP contribution is -2.14. The summed E-state index contributed by atoms with van der Waals surface area (Å²) in [5.41, 5.74) is 0.275.